The molecule has 1 amide bonds. The summed E-state index contributed by atoms with van der Waals surface area (Å²) in [7, 11) is 0. The first-order chi connectivity index (χ1) is 12.5. The highest BCUT2D eigenvalue weighted by Gasteiger charge is 2.17. The average Bonchev–Trinajstić information content (AvgIpc) is 3.16. The third-order valence-electron chi connectivity index (χ3n) is 4.33. The topological polar surface area (TPSA) is 72.7 Å². The lowest BCUT2D eigenvalue weighted by molar-refractivity contribution is 0.102. The summed E-state index contributed by atoms with van der Waals surface area (Å²) in [4.78, 5) is 12.9. The van der Waals surface area contributed by atoms with Crippen molar-refractivity contribution in [1.29, 1.82) is 0 Å². The summed E-state index contributed by atoms with van der Waals surface area (Å²) in [6.45, 7) is 8.53. The van der Waals surface area contributed by atoms with Crippen molar-refractivity contribution in [3.8, 4) is 5.69 Å². The number of carbonyl (C=O) groups is 1. The second kappa shape index (κ2) is 7.47. The van der Waals surface area contributed by atoms with Crippen molar-refractivity contribution in [3.63, 3.8) is 0 Å². The highest BCUT2D eigenvalue weighted by molar-refractivity contribution is 6.05. The zero-order chi connectivity index (χ0) is 18.7. The molecule has 0 unspecified atom stereocenters. The fourth-order valence-electron chi connectivity index (χ4n) is 2.95. The van der Waals surface area contributed by atoms with Gasteiger partial charge in [-0.3, -0.25) is 4.79 Å². The molecule has 0 aliphatic rings. The quantitative estimate of drug-likeness (QED) is 0.750. The Hall–Kier alpha value is -3.02. The number of hydrogen-bond acceptors (Lipinski definition) is 4. The van der Waals surface area contributed by atoms with Crippen LogP contribution >= 0.6 is 0 Å². The Labute approximate surface area is 153 Å². The predicted molar refractivity (Wildman–Crippen MR) is 102 cm³/mol. The van der Waals surface area contributed by atoms with Crippen molar-refractivity contribution in [2.75, 3.05) is 5.32 Å². The third kappa shape index (κ3) is 3.64. The van der Waals surface area contributed by atoms with Crippen molar-refractivity contribution >= 4 is 11.6 Å². The van der Waals surface area contributed by atoms with Gasteiger partial charge in [0.1, 0.15) is 6.33 Å². The van der Waals surface area contributed by atoms with Crippen LogP contribution in [0, 0.1) is 0 Å². The number of benzene rings is 2. The van der Waals surface area contributed by atoms with E-state index in [0.717, 1.165) is 22.5 Å². The van der Waals surface area contributed by atoms with Gasteiger partial charge in [-0.05, 0) is 51.6 Å². The van der Waals surface area contributed by atoms with Crippen LogP contribution in [0.2, 0.25) is 0 Å². The summed E-state index contributed by atoms with van der Waals surface area (Å²) in [6, 6.07) is 13.4. The summed E-state index contributed by atoms with van der Waals surface area (Å²) in [6.07, 6.45) is 1.50. The maximum atomic E-state index is 12.9. The van der Waals surface area contributed by atoms with Crippen LogP contribution in [0.5, 0.6) is 0 Å². The van der Waals surface area contributed by atoms with Crippen LogP contribution < -0.4 is 5.32 Å². The van der Waals surface area contributed by atoms with Crippen LogP contribution in [0.25, 0.3) is 5.69 Å². The van der Waals surface area contributed by atoms with Gasteiger partial charge in [-0.2, -0.15) is 0 Å². The Morgan fingerprint density at radius 3 is 2.23 bits per heavy atom. The van der Waals surface area contributed by atoms with Crippen LogP contribution in [0.4, 0.5) is 5.69 Å². The maximum absolute atomic E-state index is 12.9. The van der Waals surface area contributed by atoms with E-state index in [2.05, 4.69) is 66.7 Å². The van der Waals surface area contributed by atoms with Gasteiger partial charge in [0.25, 0.3) is 5.91 Å². The van der Waals surface area contributed by atoms with Crippen molar-refractivity contribution in [1.82, 2.24) is 20.2 Å². The van der Waals surface area contributed by atoms with Crippen molar-refractivity contribution < 1.29 is 4.79 Å². The van der Waals surface area contributed by atoms with Crippen molar-refractivity contribution in [3.05, 3.63) is 65.5 Å². The molecule has 3 rings (SSSR count). The minimum Gasteiger partial charge on any atom is -0.321 e. The third-order valence-corrected chi connectivity index (χ3v) is 4.33. The second-order valence-electron chi connectivity index (χ2n) is 6.88. The number of nitrogens with zero attached hydrogens (tertiary/aromatic N) is 4. The fraction of sp³-hybridized carbons (Fsp3) is 0.300. The highest BCUT2D eigenvalue weighted by atomic mass is 16.1. The van der Waals surface area contributed by atoms with E-state index in [9.17, 15) is 4.79 Å². The molecule has 0 aliphatic carbocycles. The molecule has 26 heavy (non-hydrogen) atoms. The molecule has 1 heterocycles. The van der Waals surface area contributed by atoms with E-state index in [4.69, 9.17) is 0 Å². The highest BCUT2D eigenvalue weighted by Crippen LogP contribution is 2.32. The first-order valence-electron chi connectivity index (χ1n) is 8.75. The lowest BCUT2D eigenvalue weighted by atomic mass is 9.92. The molecule has 0 saturated heterocycles. The molecule has 134 valence electrons. The molecule has 0 bridgehead atoms. The summed E-state index contributed by atoms with van der Waals surface area (Å²) in [5.41, 5.74) is 4.49. The van der Waals surface area contributed by atoms with Gasteiger partial charge in [-0.15, -0.1) is 5.10 Å². The Kier molecular flexibility index (Phi) is 5.11. The molecule has 0 saturated carbocycles. The zero-order valence-electron chi connectivity index (χ0n) is 15.5. The van der Waals surface area contributed by atoms with Gasteiger partial charge in [0.15, 0.2) is 0 Å². The van der Waals surface area contributed by atoms with E-state index >= 15 is 0 Å². The van der Waals surface area contributed by atoms with Gasteiger partial charge in [-0.25, -0.2) is 4.68 Å². The van der Waals surface area contributed by atoms with Crippen molar-refractivity contribution in [2.45, 2.75) is 39.5 Å². The largest absolute Gasteiger partial charge is 0.321 e. The zero-order valence-corrected chi connectivity index (χ0v) is 15.5. The average molecular weight is 349 g/mol. The van der Waals surface area contributed by atoms with E-state index in [-0.39, 0.29) is 5.91 Å². The van der Waals surface area contributed by atoms with Gasteiger partial charge in [0.05, 0.1) is 5.69 Å². The molecule has 0 aliphatic heterocycles. The SMILES string of the molecule is CC(C)c1cccc(C(C)C)c1NC(=O)c1cccc(-n2cnnn2)c1. The van der Waals surface area contributed by atoms with Crippen LogP contribution in [-0.2, 0) is 0 Å². The number of tetrazole rings is 1. The number of anilines is 1. The molecule has 0 fully saturated rings. The molecule has 0 atom stereocenters. The fourth-order valence-corrected chi connectivity index (χ4v) is 2.95. The molecule has 2 aromatic carbocycles. The van der Waals surface area contributed by atoms with E-state index in [1.54, 1.807) is 12.1 Å². The van der Waals surface area contributed by atoms with Crippen LogP contribution in [0.3, 0.4) is 0 Å². The van der Waals surface area contributed by atoms with Gasteiger partial charge in [-0.1, -0.05) is 52.0 Å². The first-order valence-corrected chi connectivity index (χ1v) is 8.75. The molecular weight excluding hydrogens is 326 g/mol. The molecule has 0 spiro atoms. The van der Waals surface area contributed by atoms with E-state index < -0.39 is 0 Å². The standard InChI is InChI=1S/C20H23N5O/c1-13(2)17-9-6-10-18(14(3)4)19(17)22-20(26)15-7-5-8-16(11-15)25-12-21-23-24-25/h5-14H,1-4H3,(H,22,26). The van der Waals surface area contributed by atoms with Gasteiger partial charge >= 0.3 is 0 Å². The maximum Gasteiger partial charge on any atom is 0.255 e. The van der Waals surface area contributed by atoms with E-state index in [1.165, 1.54) is 11.0 Å². The first kappa shape index (κ1) is 17.8. The van der Waals surface area contributed by atoms with Gasteiger partial charge in [0, 0.05) is 11.3 Å². The van der Waals surface area contributed by atoms with Crippen LogP contribution in [0.1, 0.15) is 61.0 Å². The van der Waals surface area contributed by atoms with Crippen LogP contribution in [-0.4, -0.2) is 26.1 Å². The summed E-state index contributed by atoms with van der Waals surface area (Å²) in [5, 5.41) is 14.3. The number of rotatable bonds is 5. The number of para-hydroxylation sites is 1. The lowest BCUT2D eigenvalue weighted by Gasteiger charge is -2.20. The number of carbonyl (C=O) groups excluding carboxylic acids is 1. The van der Waals surface area contributed by atoms with Crippen LogP contribution in [0.15, 0.2) is 48.8 Å². The normalized spacial score (nSPS) is 11.2. The Bertz CT molecular complexity index is 874. The number of aromatic nitrogens is 4. The smallest absolute Gasteiger partial charge is 0.255 e. The summed E-state index contributed by atoms with van der Waals surface area (Å²) in [5.74, 6) is 0.489. The minimum atomic E-state index is -0.144. The molecule has 1 aromatic heterocycles. The molecule has 1 N–H and O–H groups in total. The Morgan fingerprint density at radius 1 is 1.00 bits per heavy atom. The van der Waals surface area contributed by atoms with Gasteiger partial charge < -0.3 is 5.32 Å². The summed E-state index contributed by atoms with van der Waals surface area (Å²) >= 11 is 0. The molecule has 0 radical (unpaired) electrons. The van der Waals surface area contributed by atoms with E-state index in [0.29, 0.717) is 17.4 Å². The summed E-state index contributed by atoms with van der Waals surface area (Å²) < 4.78 is 1.53. The number of hydrogen-bond donors (Lipinski definition) is 1. The minimum absolute atomic E-state index is 0.144. The number of amides is 1. The Morgan fingerprint density at radius 2 is 1.65 bits per heavy atom. The monoisotopic (exact) mass is 349 g/mol. The lowest BCUT2D eigenvalue weighted by Crippen LogP contribution is -2.16. The molecular formula is C20H23N5O. The molecule has 6 nitrogen and oxygen atoms in total. The molecule has 3 aromatic rings. The van der Waals surface area contributed by atoms with E-state index in [1.807, 2.05) is 12.1 Å². The Balaban J connectivity index is 1.95. The van der Waals surface area contributed by atoms with Gasteiger partial charge in [0.2, 0.25) is 0 Å². The second-order valence-corrected chi connectivity index (χ2v) is 6.88. The molecule has 6 heteroatoms. The van der Waals surface area contributed by atoms with Crippen molar-refractivity contribution in [2.24, 2.45) is 0 Å². The number of nitrogens with one attached hydrogen (secondary N) is 1. The predicted octanol–water partition coefficient (Wildman–Crippen LogP) is 4.16.